The van der Waals surface area contributed by atoms with Crippen LogP contribution in [-0.2, 0) is 17.6 Å². The van der Waals surface area contributed by atoms with Gasteiger partial charge in [-0.3, -0.25) is 14.3 Å². The molecule has 6 heteroatoms. The van der Waals surface area contributed by atoms with Gasteiger partial charge in [0.15, 0.2) is 5.82 Å². The molecule has 0 N–H and O–H groups in total. The Bertz CT molecular complexity index is 937. The van der Waals surface area contributed by atoms with Crippen molar-refractivity contribution < 1.29 is 4.79 Å². The number of hydrogen-bond acceptors (Lipinski definition) is 4. The molecule has 3 heterocycles. The monoisotopic (exact) mass is 375 g/mol. The Morgan fingerprint density at radius 2 is 2.07 bits per heavy atom. The summed E-state index contributed by atoms with van der Waals surface area (Å²) in [6.45, 7) is 2.86. The highest BCUT2D eigenvalue weighted by molar-refractivity contribution is 5.77. The normalized spacial score (nSPS) is 16.5. The predicted octanol–water partition coefficient (Wildman–Crippen LogP) is 3.52. The summed E-state index contributed by atoms with van der Waals surface area (Å²) in [5.74, 6) is 1.90. The zero-order valence-electron chi connectivity index (χ0n) is 16.2. The van der Waals surface area contributed by atoms with Crippen LogP contribution in [0, 0.1) is 0 Å². The maximum atomic E-state index is 12.9. The minimum atomic E-state index is 0.00400. The molecule has 1 aromatic carbocycles. The third-order valence-corrected chi connectivity index (χ3v) is 5.31. The molecule has 6 nitrogen and oxygen atoms in total. The van der Waals surface area contributed by atoms with Gasteiger partial charge in [-0.15, -0.1) is 0 Å². The Balaban J connectivity index is 1.50. The van der Waals surface area contributed by atoms with Crippen LogP contribution in [0.4, 0.5) is 0 Å². The van der Waals surface area contributed by atoms with Crippen molar-refractivity contribution in [2.24, 2.45) is 0 Å². The van der Waals surface area contributed by atoms with Crippen LogP contribution in [0.15, 0.2) is 55.1 Å². The molecular weight excluding hydrogens is 350 g/mol. The molecule has 0 unspecified atom stereocenters. The zero-order valence-corrected chi connectivity index (χ0v) is 16.2. The Labute approximate surface area is 165 Å². The summed E-state index contributed by atoms with van der Waals surface area (Å²) in [5.41, 5.74) is 2.06. The lowest BCUT2D eigenvalue weighted by molar-refractivity contribution is -0.132. The van der Waals surface area contributed by atoms with Gasteiger partial charge in [0.2, 0.25) is 5.91 Å². The number of nitrogens with zero attached hydrogens (tertiary/aromatic N) is 5. The van der Waals surface area contributed by atoms with E-state index in [0.29, 0.717) is 6.42 Å². The number of carbonyl (C=O) groups excluding carboxylic acids is 1. The van der Waals surface area contributed by atoms with Gasteiger partial charge in [-0.05, 0) is 24.8 Å². The number of aromatic nitrogens is 4. The number of benzene rings is 1. The summed E-state index contributed by atoms with van der Waals surface area (Å²) in [4.78, 5) is 28.4. The van der Waals surface area contributed by atoms with Crippen molar-refractivity contribution in [1.29, 1.82) is 0 Å². The van der Waals surface area contributed by atoms with Crippen molar-refractivity contribution in [3.63, 3.8) is 0 Å². The minimum Gasteiger partial charge on any atom is -0.334 e. The molecule has 4 rings (SSSR count). The SMILES string of the molecule is CCc1nccn1-c1cncc([C@H]2CCCN2C(=O)CCc2ccccc2)n1. The highest BCUT2D eigenvalue weighted by Gasteiger charge is 2.31. The van der Waals surface area contributed by atoms with E-state index in [9.17, 15) is 4.79 Å². The Hall–Kier alpha value is -3.02. The average molecular weight is 375 g/mol. The first-order chi connectivity index (χ1) is 13.8. The van der Waals surface area contributed by atoms with E-state index in [1.54, 1.807) is 18.6 Å². The average Bonchev–Trinajstić information content (AvgIpc) is 3.42. The lowest BCUT2D eigenvalue weighted by Gasteiger charge is -2.24. The van der Waals surface area contributed by atoms with E-state index in [-0.39, 0.29) is 11.9 Å². The van der Waals surface area contributed by atoms with Gasteiger partial charge in [0.05, 0.1) is 24.1 Å². The van der Waals surface area contributed by atoms with Crippen molar-refractivity contribution in [2.75, 3.05) is 6.54 Å². The number of carbonyl (C=O) groups is 1. The summed E-state index contributed by atoms with van der Waals surface area (Å²) in [6.07, 6.45) is 11.3. The van der Waals surface area contributed by atoms with Crippen LogP contribution in [0.1, 0.15) is 49.3 Å². The lowest BCUT2D eigenvalue weighted by Crippen LogP contribution is -2.31. The molecular formula is C22H25N5O. The summed E-state index contributed by atoms with van der Waals surface area (Å²) < 4.78 is 1.97. The number of aryl methyl sites for hydroxylation is 2. The number of imidazole rings is 1. The molecule has 1 amide bonds. The molecule has 0 radical (unpaired) electrons. The lowest BCUT2D eigenvalue weighted by atomic mass is 10.1. The van der Waals surface area contributed by atoms with Crippen molar-refractivity contribution in [1.82, 2.24) is 24.4 Å². The molecule has 2 aromatic heterocycles. The third-order valence-electron chi connectivity index (χ3n) is 5.31. The summed E-state index contributed by atoms with van der Waals surface area (Å²) in [6, 6.07) is 10.2. The Kier molecular flexibility index (Phi) is 5.46. The molecule has 1 aliphatic rings. The summed E-state index contributed by atoms with van der Waals surface area (Å²) >= 11 is 0. The van der Waals surface area contributed by atoms with Crippen LogP contribution in [0.3, 0.4) is 0 Å². The summed E-state index contributed by atoms with van der Waals surface area (Å²) in [7, 11) is 0. The largest absolute Gasteiger partial charge is 0.334 e. The first-order valence-electron chi connectivity index (χ1n) is 9.94. The van der Waals surface area contributed by atoms with Crippen LogP contribution >= 0.6 is 0 Å². The second kappa shape index (κ2) is 8.33. The van der Waals surface area contributed by atoms with Gasteiger partial charge in [-0.2, -0.15) is 0 Å². The molecule has 1 saturated heterocycles. The first-order valence-corrected chi connectivity index (χ1v) is 9.94. The molecule has 1 atom stereocenters. The molecule has 28 heavy (non-hydrogen) atoms. The van der Waals surface area contributed by atoms with Crippen LogP contribution in [0.25, 0.3) is 5.82 Å². The van der Waals surface area contributed by atoms with E-state index >= 15 is 0 Å². The van der Waals surface area contributed by atoms with Crippen molar-refractivity contribution in [3.8, 4) is 5.82 Å². The van der Waals surface area contributed by atoms with E-state index in [1.807, 2.05) is 33.9 Å². The van der Waals surface area contributed by atoms with Gasteiger partial charge in [0.1, 0.15) is 5.82 Å². The smallest absolute Gasteiger partial charge is 0.223 e. The fourth-order valence-electron chi connectivity index (χ4n) is 3.86. The van der Waals surface area contributed by atoms with Crippen LogP contribution in [0.5, 0.6) is 0 Å². The second-order valence-electron chi connectivity index (χ2n) is 7.10. The number of amides is 1. The van der Waals surface area contributed by atoms with Gasteiger partial charge in [-0.1, -0.05) is 37.3 Å². The quantitative estimate of drug-likeness (QED) is 0.661. The molecule has 1 aliphatic heterocycles. The summed E-state index contributed by atoms with van der Waals surface area (Å²) in [5, 5.41) is 0. The van der Waals surface area contributed by atoms with Gasteiger partial charge < -0.3 is 4.90 Å². The first kappa shape index (κ1) is 18.3. The van der Waals surface area contributed by atoms with E-state index in [4.69, 9.17) is 4.98 Å². The van der Waals surface area contributed by atoms with Crippen molar-refractivity contribution >= 4 is 5.91 Å². The van der Waals surface area contributed by atoms with E-state index in [1.165, 1.54) is 5.56 Å². The maximum Gasteiger partial charge on any atom is 0.223 e. The second-order valence-corrected chi connectivity index (χ2v) is 7.10. The molecule has 0 saturated carbocycles. The maximum absolute atomic E-state index is 12.9. The molecule has 3 aromatic rings. The number of rotatable bonds is 6. The van der Waals surface area contributed by atoms with Crippen molar-refractivity contribution in [3.05, 3.63) is 72.2 Å². The molecule has 0 aliphatic carbocycles. The molecule has 1 fully saturated rings. The third kappa shape index (κ3) is 3.81. The van der Waals surface area contributed by atoms with Gasteiger partial charge >= 0.3 is 0 Å². The molecule has 0 spiro atoms. The van der Waals surface area contributed by atoms with E-state index in [0.717, 1.165) is 49.6 Å². The fourth-order valence-corrected chi connectivity index (χ4v) is 3.86. The van der Waals surface area contributed by atoms with Crippen LogP contribution in [-0.4, -0.2) is 36.9 Å². The minimum absolute atomic E-state index is 0.00400. The van der Waals surface area contributed by atoms with Gasteiger partial charge in [0.25, 0.3) is 0 Å². The van der Waals surface area contributed by atoms with E-state index < -0.39 is 0 Å². The Morgan fingerprint density at radius 3 is 2.89 bits per heavy atom. The van der Waals surface area contributed by atoms with Crippen molar-refractivity contribution in [2.45, 2.75) is 45.1 Å². The van der Waals surface area contributed by atoms with Crippen LogP contribution in [0.2, 0.25) is 0 Å². The topological polar surface area (TPSA) is 63.9 Å². The highest BCUT2D eigenvalue weighted by Crippen LogP contribution is 2.31. The van der Waals surface area contributed by atoms with E-state index in [2.05, 4.69) is 29.0 Å². The molecule has 0 bridgehead atoms. The zero-order chi connectivity index (χ0) is 19.3. The Morgan fingerprint density at radius 1 is 1.21 bits per heavy atom. The van der Waals surface area contributed by atoms with Gasteiger partial charge in [0, 0.05) is 31.8 Å². The van der Waals surface area contributed by atoms with Crippen LogP contribution < -0.4 is 0 Å². The number of hydrogen-bond donors (Lipinski definition) is 0. The standard InChI is InChI=1S/C22H25N5O/c1-2-20-24-12-14-27(20)21-16-23-15-18(25-21)19-9-6-13-26(19)22(28)11-10-17-7-4-3-5-8-17/h3-5,7-8,12,14-16,19H,2,6,9-11,13H2,1H3/t19-/m1/s1. The number of likely N-dealkylation sites (tertiary alicyclic amines) is 1. The molecule has 144 valence electrons. The highest BCUT2D eigenvalue weighted by atomic mass is 16.2. The predicted molar refractivity (Wildman–Crippen MR) is 107 cm³/mol. The fraction of sp³-hybridized carbons (Fsp3) is 0.364. The van der Waals surface area contributed by atoms with Gasteiger partial charge in [-0.25, -0.2) is 9.97 Å².